The molecule has 4 atom stereocenters. The molecule has 4 aliphatic heterocycles. The fourth-order valence-electron chi connectivity index (χ4n) is 5.88. The van der Waals surface area contributed by atoms with Crippen LogP contribution in [0.2, 0.25) is 0 Å². The number of benzene rings is 1. The summed E-state index contributed by atoms with van der Waals surface area (Å²) < 4.78 is 11.7. The van der Waals surface area contributed by atoms with Gasteiger partial charge in [0.05, 0.1) is 28.7 Å². The second-order valence-corrected chi connectivity index (χ2v) is 10.0. The molecule has 4 aliphatic rings. The maximum Gasteiger partial charge on any atom is 0.235 e. The van der Waals surface area contributed by atoms with Gasteiger partial charge in [-0.3, -0.25) is 19.4 Å². The first-order valence-corrected chi connectivity index (χ1v) is 12.3. The molecule has 164 valence electrons. The number of anilines is 1. The number of piperazine rings is 1. The normalized spacial score (nSPS) is 30.7. The molecule has 5 heterocycles. The Morgan fingerprint density at radius 2 is 1.61 bits per heavy atom. The van der Waals surface area contributed by atoms with E-state index in [-0.39, 0.29) is 35.9 Å². The Kier molecular flexibility index (Phi) is 4.96. The van der Waals surface area contributed by atoms with E-state index < -0.39 is 0 Å². The number of imide groups is 1. The predicted octanol–water partition coefficient (Wildman–Crippen LogP) is 2.36. The second kappa shape index (κ2) is 7.83. The third-order valence-electron chi connectivity index (χ3n) is 7.51. The molecule has 31 heavy (non-hydrogen) atoms. The largest absolute Gasteiger partial charge is 0.373 e. The molecule has 2 aromatic rings. The summed E-state index contributed by atoms with van der Waals surface area (Å²) >= 11 is 1.57. The van der Waals surface area contributed by atoms with Gasteiger partial charge in [-0.05, 0) is 55.9 Å². The van der Waals surface area contributed by atoms with Gasteiger partial charge >= 0.3 is 0 Å². The van der Waals surface area contributed by atoms with Crippen LogP contribution in [0.4, 0.5) is 5.82 Å². The Morgan fingerprint density at radius 3 is 2.35 bits per heavy atom. The van der Waals surface area contributed by atoms with E-state index in [9.17, 15) is 9.59 Å². The fourth-order valence-corrected chi connectivity index (χ4v) is 6.68. The van der Waals surface area contributed by atoms with E-state index >= 15 is 0 Å². The van der Waals surface area contributed by atoms with Crippen molar-refractivity contribution >= 4 is 39.3 Å². The lowest BCUT2D eigenvalue weighted by Gasteiger charge is -2.35. The molecule has 0 spiro atoms. The zero-order valence-electron chi connectivity index (χ0n) is 17.6. The van der Waals surface area contributed by atoms with Crippen LogP contribution < -0.4 is 4.90 Å². The second-order valence-electron chi connectivity index (χ2n) is 9.21. The Morgan fingerprint density at radius 1 is 0.935 bits per heavy atom. The van der Waals surface area contributed by atoms with E-state index in [1.807, 2.05) is 0 Å². The van der Waals surface area contributed by atoms with Crippen molar-refractivity contribution in [3.05, 3.63) is 24.3 Å². The minimum Gasteiger partial charge on any atom is -0.373 e. The zero-order chi connectivity index (χ0) is 20.9. The quantitative estimate of drug-likeness (QED) is 0.508. The van der Waals surface area contributed by atoms with Crippen LogP contribution in [0.1, 0.15) is 25.7 Å². The van der Waals surface area contributed by atoms with Gasteiger partial charge in [-0.2, -0.15) is 4.37 Å². The van der Waals surface area contributed by atoms with Gasteiger partial charge in [0.2, 0.25) is 11.8 Å². The van der Waals surface area contributed by atoms with E-state index in [0.29, 0.717) is 6.54 Å². The predicted molar refractivity (Wildman–Crippen MR) is 119 cm³/mol. The van der Waals surface area contributed by atoms with E-state index in [1.165, 1.54) is 15.0 Å². The van der Waals surface area contributed by atoms with Crippen molar-refractivity contribution in [1.82, 2.24) is 14.2 Å². The lowest BCUT2D eigenvalue weighted by Crippen LogP contribution is -2.46. The van der Waals surface area contributed by atoms with Gasteiger partial charge in [0, 0.05) is 38.1 Å². The first-order chi connectivity index (χ1) is 15.2. The molecule has 4 fully saturated rings. The number of amides is 2. The van der Waals surface area contributed by atoms with Crippen LogP contribution in [0.5, 0.6) is 0 Å². The van der Waals surface area contributed by atoms with E-state index in [4.69, 9.17) is 4.74 Å². The Bertz CT molecular complexity index is 974. The summed E-state index contributed by atoms with van der Waals surface area (Å²) in [7, 11) is 0. The molecule has 1 aromatic carbocycles. The van der Waals surface area contributed by atoms with Gasteiger partial charge in [0.25, 0.3) is 0 Å². The third kappa shape index (κ3) is 3.27. The highest BCUT2D eigenvalue weighted by Crippen LogP contribution is 2.48. The van der Waals surface area contributed by atoms with Crippen LogP contribution in [0.15, 0.2) is 24.3 Å². The lowest BCUT2D eigenvalue weighted by atomic mass is 9.81. The number of carbonyl (C=O) groups excluding carboxylic acids is 2. The topological polar surface area (TPSA) is 66.0 Å². The fraction of sp³-hybridized carbons (Fsp3) is 0.609. The van der Waals surface area contributed by atoms with Gasteiger partial charge < -0.3 is 9.64 Å². The maximum absolute atomic E-state index is 12.7. The molecular formula is C23H28N4O3S. The highest BCUT2D eigenvalue weighted by molar-refractivity contribution is 7.13. The van der Waals surface area contributed by atoms with E-state index in [2.05, 4.69) is 38.4 Å². The van der Waals surface area contributed by atoms with Crippen LogP contribution in [0, 0.1) is 11.8 Å². The van der Waals surface area contributed by atoms with E-state index in [0.717, 1.165) is 64.2 Å². The summed E-state index contributed by atoms with van der Waals surface area (Å²) in [5.41, 5.74) is 0. The van der Waals surface area contributed by atoms with Gasteiger partial charge in [-0.25, -0.2) is 0 Å². The number of unbranched alkanes of at least 4 members (excludes halogenated alkanes) is 1. The van der Waals surface area contributed by atoms with Gasteiger partial charge in [0.15, 0.2) is 0 Å². The third-order valence-corrected chi connectivity index (χ3v) is 8.33. The highest BCUT2D eigenvalue weighted by Gasteiger charge is 2.62. The number of ether oxygens (including phenoxy) is 1. The summed E-state index contributed by atoms with van der Waals surface area (Å²) in [4.78, 5) is 31.9. The molecule has 0 N–H and O–H groups in total. The molecule has 1 aromatic heterocycles. The van der Waals surface area contributed by atoms with Crippen molar-refractivity contribution in [1.29, 1.82) is 0 Å². The molecular weight excluding hydrogens is 412 g/mol. The van der Waals surface area contributed by atoms with Crippen LogP contribution in [-0.4, -0.2) is 77.5 Å². The Labute approximate surface area is 186 Å². The first-order valence-electron chi connectivity index (χ1n) is 11.5. The van der Waals surface area contributed by atoms with Gasteiger partial charge in [-0.15, -0.1) is 0 Å². The summed E-state index contributed by atoms with van der Waals surface area (Å²) in [6.45, 7) is 5.61. The van der Waals surface area contributed by atoms with Crippen LogP contribution >= 0.6 is 11.5 Å². The molecule has 0 saturated carbocycles. The molecule has 2 amide bonds. The smallest absolute Gasteiger partial charge is 0.235 e. The number of fused-ring (bicyclic) bond motifs is 6. The SMILES string of the molecule is O=C1[C@@H]2[C@H](C(=O)N1CCCCN1CCN(c3nsc4ccccc34)CC1)[C@H]1CC[C@@H]2O1. The number of hydrogen-bond acceptors (Lipinski definition) is 7. The highest BCUT2D eigenvalue weighted by atomic mass is 32.1. The molecule has 2 bridgehead atoms. The summed E-state index contributed by atoms with van der Waals surface area (Å²) in [6, 6.07) is 8.44. The summed E-state index contributed by atoms with van der Waals surface area (Å²) in [5.74, 6) is 0.773. The molecule has 0 aliphatic carbocycles. The van der Waals surface area contributed by atoms with Gasteiger partial charge in [0.1, 0.15) is 5.82 Å². The number of aromatic nitrogens is 1. The maximum atomic E-state index is 12.7. The molecule has 6 rings (SSSR count). The Balaban J connectivity index is 0.967. The number of carbonyl (C=O) groups is 2. The van der Waals surface area contributed by atoms with Crippen molar-refractivity contribution in [2.24, 2.45) is 11.8 Å². The first kappa shape index (κ1) is 19.6. The minimum absolute atomic E-state index is 0.0115. The monoisotopic (exact) mass is 440 g/mol. The zero-order valence-corrected chi connectivity index (χ0v) is 18.4. The average Bonchev–Trinajstić information content (AvgIpc) is 3.56. The lowest BCUT2D eigenvalue weighted by molar-refractivity contribution is -0.142. The number of rotatable bonds is 6. The molecule has 4 saturated heterocycles. The van der Waals surface area contributed by atoms with Crippen molar-refractivity contribution in [2.75, 3.05) is 44.2 Å². The average molecular weight is 441 g/mol. The number of nitrogens with zero attached hydrogens (tertiary/aromatic N) is 4. The summed E-state index contributed by atoms with van der Waals surface area (Å²) in [6.07, 6.45) is 3.73. The molecule has 0 radical (unpaired) electrons. The van der Waals surface area contributed by atoms with Crippen molar-refractivity contribution in [2.45, 2.75) is 37.9 Å². The van der Waals surface area contributed by atoms with Crippen LogP contribution in [0.3, 0.4) is 0 Å². The standard InChI is InChI=1S/C23H28N4O3S/c28-22-19-16-7-8-17(30-16)20(19)23(29)27(22)10-4-3-9-25-11-13-26(14-12-25)21-15-5-1-2-6-18(15)31-24-21/h1-2,5-6,16-17,19-20H,3-4,7-14H2/t16-,17+,19-,20+. The van der Waals surface area contributed by atoms with Crippen molar-refractivity contribution < 1.29 is 14.3 Å². The Hall–Kier alpha value is -2.03. The molecule has 0 unspecified atom stereocenters. The van der Waals surface area contributed by atoms with Crippen LogP contribution in [-0.2, 0) is 14.3 Å². The molecule has 7 nitrogen and oxygen atoms in total. The minimum atomic E-state index is -0.193. The van der Waals surface area contributed by atoms with Crippen molar-refractivity contribution in [3.63, 3.8) is 0 Å². The van der Waals surface area contributed by atoms with Crippen LogP contribution in [0.25, 0.3) is 10.1 Å². The van der Waals surface area contributed by atoms with Gasteiger partial charge in [-0.1, -0.05) is 12.1 Å². The molecule has 8 heteroatoms. The van der Waals surface area contributed by atoms with Crippen molar-refractivity contribution in [3.8, 4) is 0 Å². The number of likely N-dealkylation sites (tertiary alicyclic amines) is 1. The number of hydrogen-bond donors (Lipinski definition) is 0. The van der Waals surface area contributed by atoms with E-state index in [1.54, 1.807) is 11.5 Å². The summed E-state index contributed by atoms with van der Waals surface area (Å²) in [5, 5.41) is 1.25.